The van der Waals surface area contributed by atoms with Gasteiger partial charge in [0.1, 0.15) is 11.6 Å². The van der Waals surface area contributed by atoms with E-state index in [1.54, 1.807) is 12.1 Å². The molecule has 2 atom stereocenters. The van der Waals surface area contributed by atoms with Crippen LogP contribution < -0.4 is 14.2 Å². The van der Waals surface area contributed by atoms with E-state index in [0.717, 1.165) is 12.8 Å². The summed E-state index contributed by atoms with van der Waals surface area (Å²) in [6.07, 6.45) is 1.38. The van der Waals surface area contributed by atoms with Gasteiger partial charge in [-0.05, 0) is 54.8 Å². The first-order chi connectivity index (χ1) is 16.4. The minimum atomic E-state index is -0.942. The van der Waals surface area contributed by atoms with E-state index in [-0.39, 0.29) is 23.8 Å². The number of rotatable bonds is 7. The number of hydrogen-bond acceptors (Lipinski definition) is 7. The highest BCUT2D eigenvalue weighted by atomic mass is 19.1. The number of carbonyl (C=O) groups is 2. The molecule has 0 spiro atoms. The second-order valence-electron chi connectivity index (χ2n) is 8.05. The Labute approximate surface area is 196 Å². The number of ether oxygens (including phenoxy) is 4. The summed E-state index contributed by atoms with van der Waals surface area (Å²) in [5, 5.41) is 11.1. The lowest BCUT2D eigenvalue weighted by Crippen LogP contribution is -2.36. The molecule has 2 aromatic carbocycles. The summed E-state index contributed by atoms with van der Waals surface area (Å²) in [7, 11) is 4.39. The van der Waals surface area contributed by atoms with Gasteiger partial charge in [0.05, 0.1) is 39.0 Å². The monoisotopic (exact) mass is 471 g/mol. The van der Waals surface area contributed by atoms with Gasteiger partial charge in [-0.1, -0.05) is 0 Å². The van der Waals surface area contributed by atoms with Gasteiger partial charge in [-0.3, -0.25) is 9.59 Å². The Bertz CT molecular complexity index is 1100. The quantitative estimate of drug-likeness (QED) is 0.376. The Kier molecular flexibility index (Phi) is 6.74. The molecular formula is C25H26FNO7. The molecule has 8 nitrogen and oxygen atoms in total. The van der Waals surface area contributed by atoms with Gasteiger partial charge in [0.2, 0.25) is 5.75 Å². The van der Waals surface area contributed by atoms with Crippen LogP contribution in [0.4, 0.5) is 4.39 Å². The van der Waals surface area contributed by atoms with Crippen LogP contribution in [0.1, 0.15) is 30.0 Å². The Morgan fingerprint density at radius 2 is 1.74 bits per heavy atom. The van der Waals surface area contributed by atoms with E-state index in [4.69, 9.17) is 18.9 Å². The summed E-state index contributed by atoms with van der Waals surface area (Å²) in [5.74, 6) is -1.45. The Morgan fingerprint density at radius 1 is 1.09 bits per heavy atom. The van der Waals surface area contributed by atoms with Gasteiger partial charge in [0.25, 0.3) is 11.7 Å². The molecule has 2 fully saturated rings. The van der Waals surface area contributed by atoms with Crippen molar-refractivity contribution in [3.8, 4) is 17.2 Å². The third kappa shape index (κ3) is 4.19. The molecule has 0 aliphatic carbocycles. The molecule has 1 amide bonds. The molecule has 0 bridgehead atoms. The number of aliphatic hydroxyl groups is 1. The summed E-state index contributed by atoms with van der Waals surface area (Å²) in [6.45, 7) is 0.755. The maximum atomic E-state index is 13.5. The second kappa shape index (κ2) is 9.72. The number of benzene rings is 2. The Morgan fingerprint density at radius 3 is 2.26 bits per heavy atom. The van der Waals surface area contributed by atoms with Crippen molar-refractivity contribution in [3.63, 3.8) is 0 Å². The van der Waals surface area contributed by atoms with Crippen molar-refractivity contribution in [1.82, 2.24) is 4.90 Å². The lowest BCUT2D eigenvalue weighted by Gasteiger charge is -2.28. The summed E-state index contributed by atoms with van der Waals surface area (Å²) in [6, 6.07) is 7.38. The third-order valence-corrected chi connectivity index (χ3v) is 6.08. The van der Waals surface area contributed by atoms with Crippen molar-refractivity contribution >= 4 is 17.4 Å². The van der Waals surface area contributed by atoms with Gasteiger partial charge >= 0.3 is 0 Å². The summed E-state index contributed by atoms with van der Waals surface area (Å²) < 4.78 is 35.5. The number of nitrogens with zero attached hydrogens (tertiary/aromatic N) is 1. The molecule has 2 aromatic rings. The van der Waals surface area contributed by atoms with Crippen LogP contribution in [0.15, 0.2) is 42.0 Å². The number of methoxy groups -OCH3 is 3. The Balaban J connectivity index is 1.90. The standard InChI is InChI=1S/C25H26FNO7/c1-31-18-11-15(12-19(32-2)24(18)33-3)21-20(22(28)14-6-8-16(26)9-7-14)23(29)25(30)27(21)13-17-5-4-10-34-17/h6-9,11-12,17,21,28H,4-5,10,13H2,1-3H3/b22-20+. The van der Waals surface area contributed by atoms with Crippen molar-refractivity contribution in [2.24, 2.45) is 0 Å². The molecule has 2 aliphatic heterocycles. The highest BCUT2D eigenvalue weighted by Crippen LogP contribution is 2.46. The van der Waals surface area contributed by atoms with Crippen molar-refractivity contribution in [2.45, 2.75) is 25.0 Å². The summed E-state index contributed by atoms with van der Waals surface area (Å²) in [4.78, 5) is 27.7. The van der Waals surface area contributed by atoms with Gasteiger partial charge in [-0.25, -0.2) is 4.39 Å². The number of carbonyl (C=O) groups excluding carboxylic acids is 2. The number of hydrogen-bond donors (Lipinski definition) is 1. The fourth-order valence-electron chi connectivity index (χ4n) is 4.45. The lowest BCUT2D eigenvalue weighted by atomic mass is 9.94. The zero-order valence-electron chi connectivity index (χ0n) is 19.2. The number of likely N-dealkylation sites (tertiary alicyclic amines) is 1. The predicted octanol–water partition coefficient (Wildman–Crippen LogP) is 3.45. The fourth-order valence-corrected chi connectivity index (χ4v) is 4.45. The Hall–Kier alpha value is -3.59. The van der Waals surface area contributed by atoms with Crippen LogP contribution in [-0.4, -0.2) is 62.3 Å². The molecule has 0 saturated carbocycles. The molecule has 2 saturated heterocycles. The number of halogens is 1. The average Bonchev–Trinajstić information content (AvgIpc) is 3.45. The highest BCUT2D eigenvalue weighted by molar-refractivity contribution is 6.46. The van der Waals surface area contributed by atoms with Crippen LogP contribution >= 0.6 is 0 Å². The highest BCUT2D eigenvalue weighted by Gasteiger charge is 2.47. The van der Waals surface area contributed by atoms with Gasteiger partial charge < -0.3 is 29.0 Å². The molecule has 2 heterocycles. The normalized spacial score (nSPS) is 21.7. The van der Waals surface area contributed by atoms with E-state index in [1.807, 2.05) is 0 Å². The molecule has 0 aromatic heterocycles. The van der Waals surface area contributed by atoms with E-state index in [1.165, 1.54) is 50.5 Å². The van der Waals surface area contributed by atoms with Crippen LogP contribution in [0.3, 0.4) is 0 Å². The topological polar surface area (TPSA) is 94.5 Å². The average molecular weight is 471 g/mol. The first kappa shape index (κ1) is 23.6. The van der Waals surface area contributed by atoms with Crippen LogP contribution in [-0.2, 0) is 14.3 Å². The molecule has 4 rings (SSSR count). The van der Waals surface area contributed by atoms with Crippen LogP contribution in [0.25, 0.3) is 5.76 Å². The van der Waals surface area contributed by atoms with Crippen molar-refractivity contribution in [1.29, 1.82) is 0 Å². The van der Waals surface area contributed by atoms with E-state index >= 15 is 0 Å². The van der Waals surface area contributed by atoms with Crippen LogP contribution in [0.5, 0.6) is 17.2 Å². The number of Topliss-reactive ketones (excluding diaryl/α,β-unsaturated/α-hetero) is 1. The first-order valence-corrected chi connectivity index (χ1v) is 10.9. The zero-order valence-corrected chi connectivity index (χ0v) is 19.2. The van der Waals surface area contributed by atoms with Crippen molar-refractivity contribution in [2.75, 3.05) is 34.5 Å². The first-order valence-electron chi connectivity index (χ1n) is 10.9. The third-order valence-electron chi connectivity index (χ3n) is 6.08. The smallest absolute Gasteiger partial charge is 0.295 e. The zero-order chi connectivity index (χ0) is 24.4. The van der Waals surface area contributed by atoms with Gasteiger partial charge in [-0.2, -0.15) is 0 Å². The molecule has 34 heavy (non-hydrogen) atoms. The van der Waals surface area contributed by atoms with Crippen molar-refractivity contribution < 1.29 is 38.0 Å². The largest absolute Gasteiger partial charge is 0.507 e. The maximum Gasteiger partial charge on any atom is 0.295 e. The molecule has 2 aliphatic rings. The van der Waals surface area contributed by atoms with Crippen molar-refractivity contribution in [3.05, 3.63) is 58.9 Å². The summed E-state index contributed by atoms with van der Waals surface area (Å²) >= 11 is 0. The second-order valence-corrected chi connectivity index (χ2v) is 8.05. The molecule has 0 radical (unpaired) electrons. The molecule has 180 valence electrons. The molecule has 1 N–H and O–H groups in total. The van der Waals surface area contributed by atoms with E-state index in [2.05, 4.69) is 0 Å². The van der Waals surface area contributed by atoms with Gasteiger partial charge in [-0.15, -0.1) is 0 Å². The number of aliphatic hydroxyl groups excluding tert-OH is 1. The SMILES string of the molecule is COc1cc(C2/C(=C(\O)c3ccc(F)cc3)C(=O)C(=O)N2CC2CCCO2)cc(OC)c1OC. The van der Waals surface area contributed by atoms with E-state index in [9.17, 15) is 19.1 Å². The molecule has 2 unspecified atom stereocenters. The number of ketones is 1. The van der Waals surface area contributed by atoms with E-state index in [0.29, 0.717) is 29.4 Å². The predicted molar refractivity (Wildman–Crippen MR) is 120 cm³/mol. The minimum absolute atomic E-state index is 0.108. The molecule has 9 heteroatoms. The molecular weight excluding hydrogens is 445 g/mol. The summed E-state index contributed by atoms with van der Waals surface area (Å²) in [5.41, 5.74) is 0.591. The van der Waals surface area contributed by atoms with Gasteiger partial charge in [0.15, 0.2) is 11.5 Å². The van der Waals surface area contributed by atoms with Gasteiger partial charge in [0, 0.05) is 18.7 Å². The maximum absolute atomic E-state index is 13.5. The minimum Gasteiger partial charge on any atom is -0.507 e. The number of amides is 1. The van der Waals surface area contributed by atoms with Crippen LogP contribution in [0, 0.1) is 5.82 Å². The fraction of sp³-hybridized carbons (Fsp3) is 0.360. The van der Waals surface area contributed by atoms with Crippen LogP contribution in [0.2, 0.25) is 0 Å². The lowest BCUT2D eigenvalue weighted by molar-refractivity contribution is -0.140. The van der Waals surface area contributed by atoms with E-state index < -0.39 is 29.3 Å².